The van der Waals surface area contributed by atoms with E-state index in [1.54, 1.807) is 4.90 Å². The maximum Gasteiger partial charge on any atom is 0.410 e. The lowest BCUT2D eigenvalue weighted by Gasteiger charge is -2.41. The van der Waals surface area contributed by atoms with E-state index in [4.69, 9.17) is 10.5 Å². The van der Waals surface area contributed by atoms with Crippen molar-refractivity contribution in [1.29, 1.82) is 0 Å². The van der Waals surface area contributed by atoms with Crippen LogP contribution in [0.5, 0.6) is 0 Å². The van der Waals surface area contributed by atoms with Crippen LogP contribution in [-0.2, 0) is 4.74 Å². The lowest BCUT2D eigenvalue weighted by atomic mass is 10.1. The van der Waals surface area contributed by atoms with Crippen molar-refractivity contribution in [3.05, 3.63) is 0 Å². The number of hydrogen-bond acceptors (Lipinski definition) is 4. The average molecular weight is 269 g/mol. The molecule has 19 heavy (non-hydrogen) atoms. The van der Waals surface area contributed by atoms with Crippen molar-refractivity contribution in [1.82, 2.24) is 9.80 Å². The highest BCUT2D eigenvalue weighted by atomic mass is 16.6. The number of hydrogen-bond donors (Lipinski definition) is 1. The standard InChI is InChI=1S/C14H27N3O2/c1-14(2,3)19-13(18)17-7-6-16(9-11-4-5-11)12(8-15)10-17/h11-12H,4-10,15H2,1-3H3. The van der Waals surface area contributed by atoms with Crippen LogP contribution in [0.25, 0.3) is 0 Å². The molecule has 2 rings (SSSR count). The molecule has 2 aliphatic rings. The van der Waals surface area contributed by atoms with Gasteiger partial charge in [0.15, 0.2) is 0 Å². The Bertz CT molecular complexity index is 323. The zero-order chi connectivity index (χ0) is 14.0. The van der Waals surface area contributed by atoms with Crippen LogP contribution in [-0.4, -0.2) is 60.3 Å². The van der Waals surface area contributed by atoms with Gasteiger partial charge in [-0.3, -0.25) is 4.90 Å². The lowest BCUT2D eigenvalue weighted by Crippen LogP contribution is -2.58. The second kappa shape index (κ2) is 5.67. The average Bonchev–Trinajstić information content (AvgIpc) is 3.11. The molecule has 0 aromatic carbocycles. The number of carbonyl (C=O) groups is 1. The Kier molecular flexibility index (Phi) is 4.36. The van der Waals surface area contributed by atoms with Crippen molar-refractivity contribution < 1.29 is 9.53 Å². The molecule has 1 amide bonds. The minimum absolute atomic E-state index is 0.211. The zero-order valence-electron chi connectivity index (χ0n) is 12.4. The monoisotopic (exact) mass is 269 g/mol. The highest BCUT2D eigenvalue weighted by Gasteiger charge is 2.34. The first-order valence-corrected chi connectivity index (χ1v) is 7.31. The number of nitrogens with zero attached hydrogens (tertiary/aromatic N) is 2. The summed E-state index contributed by atoms with van der Waals surface area (Å²) in [6.07, 6.45) is 2.49. The molecule has 1 aliphatic heterocycles. The molecular weight excluding hydrogens is 242 g/mol. The molecule has 0 aromatic heterocycles. The second-order valence-corrected chi connectivity index (χ2v) is 6.75. The van der Waals surface area contributed by atoms with Crippen LogP contribution in [0.15, 0.2) is 0 Å². The topological polar surface area (TPSA) is 58.8 Å². The van der Waals surface area contributed by atoms with Gasteiger partial charge in [-0.2, -0.15) is 0 Å². The zero-order valence-corrected chi connectivity index (χ0v) is 12.4. The van der Waals surface area contributed by atoms with E-state index in [9.17, 15) is 4.79 Å². The molecule has 1 unspecified atom stereocenters. The van der Waals surface area contributed by atoms with Crippen molar-refractivity contribution in [2.24, 2.45) is 11.7 Å². The first-order valence-electron chi connectivity index (χ1n) is 7.31. The van der Waals surface area contributed by atoms with E-state index in [0.29, 0.717) is 13.1 Å². The van der Waals surface area contributed by atoms with Crippen LogP contribution in [0.1, 0.15) is 33.6 Å². The fraction of sp³-hybridized carbons (Fsp3) is 0.929. The molecule has 2 N–H and O–H groups in total. The molecule has 1 heterocycles. The molecule has 1 saturated carbocycles. The van der Waals surface area contributed by atoms with Crippen molar-refractivity contribution in [2.75, 3.05) is 32.7 Å². The third-order valence-electron chi connectivity index (χ3n) is 3.72. The third-order valence-corrected chi connectivity index (χ3v) is 3.72. The lowest BCUT2D eigenvalue weighted by molar-refractivity contribution is 0.00417. The van der Waals surface area contributed by atoms with E-state index in [1.807, 2.05) is 20.8 Å². The Morgan fingerprint density at radius 2 is 2.00 bits per heavy atom. The molecule has 0 spiro atoms. The summed E-state index contributed by atoms with van der Waals surface area (Å²) < 4.78 is 5.43. The summed E-state index contributed by atoms with van der Waals surface area (Å²) in [7, 11) is 0. The number of rotatable bonds is 3. The molecule has 5 heteroatoms. The van der Waals surface area contributed by atoms with E-state index >= 15 is 0 Å². The first-order chi connectivity index (χ1) is 8.89. The fourth-order valence-corrected chi connectivity index (χ4v) is 2.48. The Morgan fingerprint density at radius 1 is 1.32 bits per heavy atom. The summed E-state index contributed by atoms with van der Waals surface area (Å²) in [5, 5.41) is 0. The van der Waals surface area contributed by atoms with E-state index in [-0.39, 0.29) is 12.1 Å². The highest BCUT2D eigenvalue weighted by molar-refractivity contribution is 5.68. The van der Waals surface area contributed by atoms with E-state index in [2.05, 4.69) is 4.90 Å². The van der Waals surface area contributed by atoms with Crippen LogP contribution >= 0.6 is 0 Å². The van der Waals surface area contributed by atoms with Crippen LogP contribution in [0.4, 0.5) is 4.79 Å². The van der Waals surface area contributed by atoms with Crippen LogP contribution in [0.3, 0.4) is 0 Å². The Balaban J connectivity index is 1.86. The fourth-order valence-electron chi connectivity index (χ4n) is 2.48. The summed E-state index contributed by atoms with van der Waals surface area (Å²) in [4.78, 5) is 16.3. The normalized spacial score (nSPS) is 25.5. The molecule has 2 fully saturated rings. The Hall–Kier alpha value is -0.810. The molecule has 5 nitrogen and oxygen atoms in total. The molecular formula is C14H27N3O2. The molecule has 1 saturated heterocycles. The van der Waals surface area contributed by atoms with Crippen LogP contribution in [0, 0.1) is 5.92 Å². The maximum absolute atomic E-state index is 12.1. The van der Waals surface area contributed by atoms with Crippen molar-refractivity contribution >= 4 is 6.09 Å². The largest absolute Gasteiger partial charge is 0.444 e. The van der Waals surface area contributed by atoms with Crippen molar-refractivity contribution in [3.63, 3.8) is 0 Å². The van der Waals surface area contributed by atoms with Gasteiger partial charge in [-0.25, -0.2) is 4.79 Å². The SMILES string of the molecule is CC(C)(C)OC(=O)N1CCN(CC2CC2)C(CN)C1. The van der Waals surface area contributed by atoms with Gasteiger partial charge in [0, 0.05) is 38.8 Å². The molecule has 1 atom stereocenters. The van der Waals surface area contributed by atoms with Gasteiger partial charge in [-0.1, -0.05) is 0 Å². The molecule has 110 valence electrons. The predicted octanol–water partition coefficient (Wildman–Crippen LogP) is 1.28. The summed E-state index contributed by atoms with van der Waals surface area (Å²) >= 11 is 0. The van der Waals surface area contributed by atoms with E-state index < -0.39 is 5.60 Å². The van der Waals surface area contributed by atoms with E-state index in [1.165, 1.54) is 12.8 Å². The molecule has 0 aromatic rings. The van der Waals surface area contributed by atoms with Gasteiger partial charge in [0.05, 0.1) is 0 Å². The third kappa shape index (κ3) is 4.35. The summed E-state index contributed by atoms with van der Waals surface area (Å²) in [5.41, 5.74) is 5.43. The highest BCUT2D eigenvalue weighted by Crippen LogP contribution is 2.30. The number of carbonyl (C=O) groups excluding carboxylic acids is 1. The van der Waals surface area contributed by atoms with Gasteiger partial charge in [0.1, 0.15) is 5.60 Å². The smallest absolute Gasteiger partial charge is 0.410 e. The number of nitrogens with two attached hydrogens (primary N) is 1. The predicted molar refractivity (Wildman–Crippen MR) is 74.9 cm³/mol. The van der Waals surface area contributed by atoms with Crippen molar-refractivity contribution in [3.8, 4) is 0 Å². The minimum Gasteiger partial charge on any atom is -0.444 e. The van der Waals surface area contributed by atoms with Gasteiger partial charge in [-0.05, 0) is 39.5 Å². The summed E-state index contributed by atoms with van der Waals surface area (Å²) in [5.74, 6) is 0.863. The Labute approximate surface area is 116 Å². The Morgan fingerprint density at radius 3 is 2.53 bits per heavy atom. The van der Waals surface area contributed by atoms with Gasteiger partial charge in [0.25, 0.3) is 0 Å². The number of amides is 1. The number of ether oxygens (including phenoxy) is 1. The van der Waals surface area contributed by atoms with Gasteiger partial charge in [-0.15, -0.1) is 0 Å². The maximum atomic E-state index is 12.1. The van der Waals surface area contributed by atoms with Crippen molar-refractivity contribution in [2.45, 2.75) is 45.3 Å². The van der Waals surface area contributed by atoms with E-state index in [0.717, 1.165) is 25.6 Å². The summed E-state index contributed by atoms with van der Waals surface area (Å²) in [6, 6.07) is 0.280. The van der Waals surface area contributed by atoms with Crippen LogP contribution in [0.2, 0.25) is 0 Å². The van der Waals surface area contributed by atoms with Gasteiger partial charge < -0.3 is 15.4 Å². The molecule has 0 bridgehead atoms. The quantitative estimate of drug-likeness (QED) is 0.838. The van der Waals surface area contributed by atoms with Crippen LogP contribution < -0.4 is 5.73 Å². The first kappa shape index (κ1) is 14.6. The van der Waals surface area contributed by atoms with Gasteiger partial charge >= 0.3 is 6.09 Å². The number of piperazine rings is 1. The second-order valence-electron chi connectivity index (χ2n) is 6.75. The minimum atomic E-state index is -0.430. The molecule has 0 radical (unpaired) electrons. The molecule has 1 aliphatic carbocycles. The van der Waals surface area contributed by atoms with Gasteiger partial charge in [0.2, 0.25) is 0 Å². The summed E-state index contributed by atoms with van der Waals surface area (Å²) in [6.45, 7) is 9.79.